The van der Waals surface area contributed by atoms with Crippen LogP contribution in [0.4, 0.5) is 0 Å². The van der Waals surface area contributed by atoms with Gasteiger partial charge in [0.05, 0.1) is 0 Å². The smallest absolute Gasteiger partial charge is 0.255 e. The molecule has 16 heavy (non-hydrogen) atoms. The molecule has 2 rings (SSSR count). The highest BCUT2D eigenvalue weighted by atomic mass is 16.1. The number of hydrogen-bond donors (Lipinski definition) is 1. The Morgan fingerprint density at radius 3 is 2.56 bits per heavy atom. The Morgan fingerprint density at radius 2 is 2.00 bits per heavy atom. The van der Waals surface area contributed by atoms with Gasteiger partial charge in [0.2, 0.25) is 0 Å². The summed E-state index contributed by atoms with van der Waals surface area (Å²) in [6.45, 7) is 3.87. The fourth-order valence-electron chi connectivity index (χ4n) is 2.62. The standard InChI is InChI=1S/C13H20N2O/c1-9-7-8-12(10(2)14)13(16)15(9)11-5-3-4-6-11/h7-8,10-11H,3-6,14H2,1-2H3. The van der Waals surface area contributed by atoms with Crippen LogP contribution in [-0.2, 0) is 0 Å². The van der Waals surface area contributed by atoms with Crippen molar-refractivity contribution >= 4 is 0 Å². The van der Waals surface area contributed by atoms with Crippen molar-refractivity contribution in [3.05, 3.63) is 33.7 Å². The van der Waals surface area contributed by atoms with E-state index in [0.717, 1.165) is 24.1 Å². The predicted octanol–water partition coefficient (Wildman–Crippen LogP) is 2.29. The van der Waals surface area contributed by atoms with E-state index < -0.39 is 0 Å². The molecule has 1 aliphatic rings. The van der Waals surface area contributed by atoms with E-state index in [0.29, 0.717) is 6.04 Å². The van der Waals surface area contributed by atoms with Gasteiger partial charge in [-0.25, -0.2) is 0 Å². The highest BCUT2D eigenvalue weighted by molar-refractivity contribution is 5.19. The number of nitrogens with zero attached hydrogens (tertiary/aromatic N) is 1. The molecule has 1 atom stereocenters. The minimum atomic E-state index is -0.180. The highest BCUT2D eigenvalue weighted by Crippen LogP contribution is 2.29. The molecular weight excluding hydrogens is 200 g/mol. The summed E-state index contributed by atoms with van der Waals surface area (Å²) in [4.78, 5) is 12.3. The van der Waals surface area contributed by atoms with Gasteiger partial charge in [0.25, 0.3) is 5.56 Å². The lowest BCUT2D eigenvalue weighted by Gasteiger charge is -2.19. The largest absolute Gasteiger partial charge is 0.324 e. The van der Waals surface area contributed by atoms with Crippen LogP contribution < -0.4 is 11.3 Å². The zero-order chi connectivity index (χ0) is 11.7. The maximum atomic E-state index is 12.3. The van der Waals surface area contributed by atoms with Crippen LogP contribution >= 0.6 is 0 Å². The van der Waals surface area contributed by atoms with Gasteiger partial charge in [-0.1, -0.05) is 18.9 Å². The molecule has 1 heterocycles. The molecule has 1 aromatic rings. The average Bonchev–Trinajstić information content (AvgIpc) is 2.70. The number of aromatic nitrogens is 1. The van der Waals surface area contributed by atoms with E-state index in [9.17, 15) is 4.79 Å². The summed E-state index contributed by atoms with van der Waals surface area (Å²) in [7, 11) is 0. The van der Waals surface area contributed by atoms with Crippen molar-refractivity contribution in [2.45, 2.75) is 51.6 Å². The van der Waals surface area contributed by atoms with Crippen molar-refractivity contribution in [1.29, 1.82) is 0 Å². The third-order valence-corrected chi connectivity index (χ3v) is 3.53. The molecule has 0 aliphatic heterocycles. The van der Waals surface area contributed by atoms with Crippen LogP contribution in [0.2, 0.25) is 0 Å². The molecule has 2 N–H and O–H groups in total. The molecular formula is C13H20N2O. The third kappa shape index (κ3) is 1.92. The van der Waals surface area contributed by atoms with E-state index >= 15 is 0 Å². The number of nitrogens with two attached hydrogens (primary N) is 1. The number of hydrogen-bond acceptors (Lipinski definition) is 2. The fourth-order valence-corrected chi connectivity index (χ4v) is 2.62. The van der Waals surface area contributed by atoms with Gasteiger partial charge < -0.3 is 10.3 Å². The van der Waals surface area contributed by atoms with E-state index in [1.807, 2.05) is 30.5 Å². The van der Waals surface area contributed by atoms with Gasteiger partial charge in [-0.3, -0.25) is 4.79 Å². The first-order valence-electron chi connectivity index (χ1n) is 6.09. The first-order chi connectivity index (χ1) is 7.61. The average molecular weight is 220 g/mol. The molecule has 88 valence electrons. The summed E-state index contributed by atoms with van der Waals surface area (Å²) in [5, 5.41) is 0. The second-order valence-electron chi connectivity index (χ2n) is 4.83. The summed E-state index contributed by atoms with van der Waals surface area (Å²) in [5.74, 6) is 0. The first kappa shape index (κ1) is 11.4. The summed E-state index contributed by atoms with van der Waals surface area (Å²) in [6, 6.07) is 4.10. The number of pyridine rings is 1. The van der Waals surface area contributed by atoms with Gasteiger partial charge >= 0.3 is 0 Å². The van der Waals surface area contributed by atoms with E-state index in [2.05, 4.69) is 0 Å². The number of aryl methyl sites for hydroxylation is 1. The molecule has 0 amide bonds. The van der Waals surface area contributed by atoms with Crippen LogP contribution in [0.25, 0.3) is 0 Å². The fraction of sp³-hybridized carbons (Fsp3) is 0.615. The van der Waals surface area contributed by atoms with Gasteiger partial charge in [0.15, 0.2) is 0 Å². The quantitative estimate of drug-likeness (QED) is 0.831. The zero-order valence-corrected chi connectivity index (χ0v) is 10.1. The second kappa shape index (κ2) is 4.42. The highest BCUT2D eigenvalue weighted by Gasteiger charge is 2.20. The summed E-state index contributed by atoms with van der Waals surface area (Å²) < 4.78 is 1.95. The summed E-state index contributed by atoms with van der Waals surface area (Å²) in [5.41, 5.74) is 7.72. The lowest BCUT2D eigenvalue weighted by molar-refractivity contribution is 0.485. The van der Waals surface area contributed by atoms with E-state index in [4.69, 9.17) is 5.73 Å². The van der Waals surface area contributed by atoms with Gasteiger partial charge in [-0.2, -0.15) is 0 Å². The number of rotatable bonds is 2. The molecule has 1 saturated carbocycles. The van der Waals surface area contributed by atoms with Gasteiger partial charge in [0.1, 0.15) is 0 Å². The van der Waals surface area contributed by atoms with Crippen LogP contribution in [0.1, 0.15) is 55.9 Å². The van der Waals surface area contributed by atoms with Gasteiger partial charge in [-0.05, 0) is 32.8 Å². The molecule has 3 nitrogen and oxygen atoms in total. The van der Waals surface area contributed by atoms with E-state index in [1.54, 1.807) is 0 Å². The molecule has 1 aliphatic carbocycles. The zero-order valence-electron chi connectivity index (χ0n) is 10.1. The van der Waals surface area contributed by atoms with Gasteiger partial charge in [-0.15, -0.1) is 0 Å². The van der Waals surface area contributed by atoms with Crippen LogP contribution in [0, 0.1) is 6.92 Å². The third-order valence-electron chi connectivity index (χ3n) is 3.53. The lowest BCUT2D eigenvalue weighted by atomic mass is 10.1. The Kier molecular flexibility index (Phi) is 3.15. The molecule has 1 unspecified atom stereocenters. The molecule has 0 radical (unpaired) electrons. The minimum Gasteiger partial charge on any atom is -0.324 e. The second-order valence-corrected chi connectivity index (χ2v) is 4.83. The molecule has 0 saturated heterocycles. The Labute approximate surface area is 96.3 Å². The molecule has 0 bridgehead atoms. The maximum absolute atomic E-state index is 12.3. The monoisotopic (exact) mass is 220 g/mol. The maximum Gasteiger partial charge on any atom is 0.255 e. The van der Waals surface area contributed by atoms with E-state index in [1.165, 1.54) is 12.8 Å². The van der Waals surface area contributed by atoms with Crippen molar-refractivity contribution in [2.24, 2.45) is 5.73 Å². The van der Waals surface area contributed by atoms with Crippen LogP contribution in [-0.4, -0.2) is 4.57 Å². The molecule has 1 fully saturated rings. The normalized spacial score (nSPS) is 18.9. The Hall–Kier alpha value is -1.09. The Balaban J connectivity index is 2.50. The van der Waals surface area contributed by atoms with Crippen molar-refractivity contribution in [1.82, 2.24) is 4.57 Å². The topological polar surface area (TPSA) is 48.0 Å². The van der Waals surface area contributed by atoms with Crippen LogP contribution in [0.3, 0.4) is 0 Å². The van der Waals surface area contributed by atoms with Crippen molar-refractivity contribution in [2.75, 3.05) is 0 Å². The molecule has 1 aromatic heterocycles. The summed E-state index contributed by atoms with van der Waals surface area (Å²) in [6.07, 6.45) is 4.73. The minimum absolute atomic E-state index is 0.113. The molecule has 3 heteroatoms. The molecule has 0 aromatic carbocycles. The van der Waals surface area contributed by atoms with E-state index in [-0.39, 0.29) is 11.6 Å². The summed E-state index contributed by atoms with van der Waals surface area (Å²) >= 11 is 0. The first-order valence-corrected chi connectivity index (χ1v) is 6.09. The Bertz CT molecular complexity index is 428. The SMILES string of the molecule is Cc1ccc(C(C)N)c(=O)n1C1CCCC1. The van der Waals surface area contributed by atoms with Crippen molar-refractivity contribution in [3.8, 4) is 0 Å². The molecule has 0 spiro atoms. The van der Waals surface area contributed by atoms with Crippen molar-refractivity contribution < 1.29 is 0 Å². The lowest BCUT2D eigenvalue weighted by Crippen LogP contribution is -2.30. The predicted molar refractivity (Wildman–Crippen MR) is 65.5 cm³/mol. The van der Waals surface area contributed by atoms with Crippen LogP contribution in [0.5, 0.6) is 0 Å². The Morgan fingerprint density at radius 1 is 1.38 bits per heavy atom. The van der Waals surface area contributed by atoms with Gasteiger partial charge in [0, 0.05) is 23.3 Å². The van der Waals surface area contributed by atoms with Crippen molar-refractivity contribution in [3.63, 3.8) is 0 Å². The van der Waals surface area contributed by atoms with Crippen LogP contribution in [0.15, 0.2) is 16.9 Å².